The summed E-state index contributed by atoms with van der Waals surface area (Å²) in [5.41, 5.74) is 5.82. The maximum absolute atomic E-state index is 12.0. The maximum atomic E-state index is 12.0. The van der Waals surface area contributed by atoms with Gasteiger partial charge in [0.2, 0.25) is 0 Å². The molecule has 0 radical (unpaired) electrons. The highest BCUT2D eigenvalue weighted by Gasteiger charge is 2.37. The van der Waals surface area contributed by atoms with Crippen molar-refractivity contribution < 1.29 is 23.4 Å². The average molecular weight is 414 g/mol. The molecule has 0 spiro atoms. The summed E-state index contributed by atoms with van der Waals surface area (Å²) in [6.45, 7) is 0.552. The van der Waals surface area contributed by atoms with Gasteiger partial charge in [0.15, 0.2) is 6.23 Å². The number of aliphatic hydroxyl groups is 1. The van der Waals surface area contributed by atoms with Crippen molar-refractivity contribution in [3.8, 4) is 5.75 Å². The number of ether oxygens (including phenoxy) is 1. The Hall–Kier alpha value is -1.74. The Kier molecular flexibility index (Phi) is 5.32. The van der Waals surface area contributed by atoms with Crippen LogP contribution in [-0.2, 0) is 20.4 Å². The molecule has 2 aliphatic heterocycles. The highest BCUT2D eigenvalue weighted by atomic mass is 35.5. The van der Waals surface area contributed by atoms with E-state index in [4.69, 9.17) is 35.6 Å². The van der Waals surface area contributed by atoms with E-state index in [0.717, 1.165) is 15.9 Å². The van der Waals surface area contributed by atoms with Gasteiger partial charge in [-0.05, 0) is 6.07 Å². The number of hydrogen-bond acceptors (Lipinski definition) is 8. The van der Waals surface area contributed by atoms with Crippen LogP contribution in [0.5, 0.6) is 5.75 Å². The lowest BCUT2D eigenvalue weighted by Gasteiger charge is -2.24. The zero-order chi connectivity index (χ0) is 19.0. The fraction of sp³-hybridized carbons (Fsp3) is 0.375. The molecule has 27 heavy (non-hydrogen) atoms. The predicted molar refractivity (Wildman–Crippen MR) is 97.2 cm³/mol. The number of para-hydroxylation sites is 1. The number of aromatic nitrogens is 2. The zero-order valence-corrected chi connectivity index (χ0v) is 15.7. The number of anilines is 1. The van der Waals surface area contributed by atoms with Gasteiger partial charge in [-0.1, -0.05) is 29.8 Å². The van der Waals surface area contributed by atoms with Crippen molar-refractivity contribution in [2.45, 2.75) is 31.5 Å². The first-order valence-corrected chi connectivity index (χ1v) is 9.68. The molecule has 11 heteroatoms. The van der Waals surface area contributed by atoms with Crippen LogP contribution in [-0.4, -0.2) is 33.5 Å². The van der Waals surface area contributed by atoms with Gasteiger partial charge >= 0.3 is 14.3 Å². The number of hydrogen-bond donors (Lipinski definition) is 2. The summed E-state index contributed by atoms with van der Waals surface area (Å²) < 4.78 is 23.8. The van der Waals surface area contributed by atoms with E-state index >= 15 is 0 Å². The minimum Gasteiger partial charge on any atom is -0.426 e. The fourth-order valence-corrected chi connectivity index (χ4v) is 4.07. The van der Waals surface area contributed by atoms with Crippen molar-refractivity contribution in [3.05, 3.63) is 51.5 Å². The molecule has 2 aromatic rings. The van der Waals surface area contributed by atoms with Crippen LogP contribution in [0.4, 0.5) is 5.82 Å². The minimum absolute atomic E-state index is 0.0695. The lowest BCUT2D eigenvalue weighted by molar-refractivity contribution is -0.0515. The standard InChI is InChI=1S/C16H17ClN3O6P/c17-11-6-20(16(22)19-14(11)18)15-12(21)5-10(25-15)8-24-27-23-7-9-3-1-2-4-13(9)26-27/h1-4,6,10,12,15,21H,5,7-8H2,(H2,18,19,22). The van der Waals surface area contributed by atoms with Crippen LogP contribution in [0.1, 0.15) is 18.2 Å². The van der Waals surface area contributed by atoms with Crippen molar-refractivity contribution in [1.82, 2.24) is 9.55 Å². The summed E-state index contributed by atoms with van der Waals surface area (Å²) in [6.07, 6.45) is -0.700. The third kappa shape index (κ3) is 3.94. The zero-order valence-electron chi connectivity index (χ0n) is 14.0. The topological polar surface area (TPSA) is 118 Å². The third-order valence-electron chi connectivity index (χ3n) is 4.21. The second-order valence-electron chi connectivity index (χ2n) is 6.11. The summed E-state index contributed by atoms with van der Waals surface area (Å²) in [5.74, 6) is 0.661. The molecule has 0 saturated carbocycles. The van der Waals surface area contributed by atoms with Gasteiger partial charge in [0.1, 0.15) is 17.7 Å². The van der Waals surface area contributed by atoms with Crippen molar-refractivity contribution in [2.75, 3.05) is 12.3 Å². The van der Waals surface area contributed by atoms with E-state index in [0.29, 0.717) is 6.61 Å². The molecule has 4 atom stereocenters. The highest BCUT2D eigenvalue weighted by Crippen LogP contribution is 2.47. The van der Waals surface area contributed by atoms with Crippen molar-refractivity contribution >= 4 is 26.0 Å². The molecule has 2 aliphatic rings. The summed E-state index contributed by atoms with van der Waals surface area (Å²) >= 11 is 5.91. The molecule has 0 aliphatic carbocycles. The van der Waals surface area contributed by atoms with E-state index < -0.39 is 32.7 Å². The van der Waals surface area contributed by atoms with E-state index in [1.54, 1.807) is 0 Å². The Labute approximate surface area is 160 Å². The van der Waals surface area contributed by atoms with Gasteiger partial charge in [-0.15, -0.1) is 0 Å². The molecule has 0 amide bonds. The largest absolute Gasteiger partial charge is 0.426 e. The second kappa shape index (κ2) is 7.71. The van der Waals surface area contributed by atoms with Crippen LogP contribution in [0.15, 0.2) is 35.3 Å². The summed E-state index contributed by atoms with van der Waals surface area (Å²) in [6, 6.07) is 7.57. The van der Waals surface area contributed by atoms with Gasteiger partial charge in [-0.2, -0.15) is 4.98 Å². The monoisotopic (exact) mass is 413 g/mol. The van der Waals surface area contributed by atoms with Gasteiger partial charge in [0, 0.05) is 18.2 Å². The molecule has 4 unspecified atom stereocenters. The first-order valence-electron chi connectivity index (χ1n) is 8.21. The van der Waals surface area contributed by atoms with Crippen molar-refractivity contribution in [1.29, 1.82) is 0 Å². The Morgan fingerprint density at radius 3 is 3.11 bits per heavy atom. The smallest absolute Gasteiger partial charge is 0.397 e. The van der Waals surface area contributed by atoms with E-state index in [9.17, 15) is 9.90 Å². The normalized spacial score (nSPS) is 27.2. The van der Waals surface area contributed by atoms with Crippen LogP contribution in [0.3, 0.4) is 0 Å². The highest BCUT2D eigenvalue weighted by molar-refractivity contribution is 7.42. The quantitative estimate of drug-likeness (QED) is 0.730. The predicted octanol–water partition coefficient (Wildman–Crippen LogP) is 1.98. The first kappa shape index (κ1) is 18.6. The molecule has 3 N–H and O–H groups in total. The molecule has 3 heterocycles. The summed E-state index contributed by atoms with van der Waals surface area (Å²) in [7, 11) is -1.55. The van der Waals surface area contributed by atoms with E-state index in [1.807, 2.05) is 24.3 Å². The lowest BCUT2D eigenvalue weighted by Crippen LogP contribution is -2.32. The number of nitrogen functional groups attached to an aromatic ring is 1. The second-order valence-corrected chi connectivity index (χ2v) is 7.66. The minimum atomic E-state index is -1.55. The van der Waals surface area contributed by atoms with Crippen LogP contribution >= 0.6 is 20.2 Å². The van der Waals surface area contributed by atoms with Crippen LogP contribution in [0.2, 0.25) is 5.02 Å². The number of rotatable bonds is 4. The molecular formula is C16H17ClN3O6P. The molecule has 1 fully saturated rings. The lowest BCUT2D eigenvalue weighted by atomic mass is 10.2. The molecule has 9 nitrogen and oxygen atoms in total. The van der Waals surface area contributed by atoms with Crippen LogP contribution in [0, 0.1) is 0 Å². The number of nitrogens with two attached hydrogens (primary N) is 1. The van der Waals surface area contributed by atoms with Gasteiger partial charge in [0.25, 0.3) is 0 Å². The summed E-state index contributed by atoms with van der Waals surface area (Å²) in [4.78, 5) is 15.6. The van der Waals surface area contributed by atoms with Crippen molar-refractivity contribution in [2.24, 2.45) is 0 Å². The summed E-state index contributed by atoms with van der Waals surface area (Å²) in [5, 5.41) is 10.4. The number of halogens is 1. The van der Waals surface area contributed by atoms with Crippen molar-refractivity contribution in [3.63, 3.8) is 0 Å². The van der Waals surface area contributed by atoms with Gasteiger partial charge in [0.05, 0.1) is 24.3 Å². The van der Waals surface area contributed by atoms with Crippen LogP contribution < -0.4 is 15.9 Å². The Morgan fingerprint density at radius 2 is 2.26 bits per heavy atom. The molecule has 144 valence electrons. The number of aliphatic hydroxyl groups excluding tert-OH is 1. The SMILES string of the molecule is Nc1nc(=O)n(C2OC(COP3OCc4ccccc4O3)CC2O)cc1Cl. The Balaban J connectivity index is 1.37. The number of fused-ring (bicyclic) bond motifs is 1. The van der Waals surface area contributed by atoms with E-state index in [2.05, 4.69) is 4.98 Å². The Morgan fingerprint density at radius 1 is 1.44 bits per heavy atom. The molecule has 1 aromatic carbocycles. The molecule has 4 rings (SSSR count). The molecule has 0 bridgehead atoms. The number of nitrogens with zero attached hydrogens (tertiary/aromatic N) is 2. The number of benzene rings is 1. The average Bonchev–Trinajstić information content (AvgIpc) is 3.03. The third-order valence-corrected chi connectivity index (χ3v) is 5.55. The van der Waals surface area contributed by atoms with Gasteiger partial charge in [-0.3, -0.25) is 13.6 Å². The van der Waals surface area contributed by atoms with Gasteiger partial charge in [-0.25, -0.2) is 4.79 Å². The van der Waals surface area contributed by atoms with Crippen LogP contribution in [0.25, 0.3) is 0 Å². The van der Waals surface area contributed by atoms with Gasteiger partial charge < -0.3 is 20.1 Å². The maximum Gasteiger partial charge on any atom is 0.397 e. The molecular weight excluding hydrogens is 397 g/mol. The molecule has 1 aromatic heterocycles. The van der Waals surface area contributed by atoms with E-state index in [-0.39, 0.29) is 23.9 Å². The fourth-order valence-electron chi connectivity index (χ4n) is 2.88. The molecule has 1 saturated heterocycles. The van der Waals surface area contributed by atoms with E-state index in [1.165, 1.54) is 6.20 Å². The first-order chi connectivity index (χ1) is 13.0. The Bertz CT molecular complexity index is 897.